The lowest BCUT2D eigenvalue weighted by Gasteiger charge is -2.04. The number of hydrazine groups is 1. The van der Waals surface area contributed by atoms with Crippen molar-refractivity contribution in [3.63, 3.8) is 0 Å². The van der Waals surface area contributed by atoms with Crippen LogP contribution in [0.25, 0.3) is 0 Å². The largest absolute Gasteiger partial charge is 0.485 e. The lowest BCUT2D eigenvalue weighted by atomic mass is 10.3. The summed E-state index contributed by atoms with van der Waals surface area (Å²) in [4.78, 5) is 11.2. The van der Waals surface area contributed by atoms with Crippen LogP contribution in [0.4, 0.5) is 0 Å². The highest BCUT2D eigenvalue weighted by Crippen LogP contribution is 2.35. The summed E-state index contributed by atoms with van der Waals surface area (Å²) in [5.41, 5.74) is 2.06. The highest BCUT2D eigenvalue weighted by Gasteiger charge is 2.15. The van der Waals surface area contributed by atoms with Gasteiger partial charge in [-0.3, -0.25) is 10.2 Å². The molecule has 3 N–H and O–H groups in total. The Balaban J connectivity index is 1.64. The minimum Gasteiger partial charge on any atom is -0.485 e. The molecule has 1 aliphatic rings. The molecule has 0 atom stereocenters. The van der Waals surface area contributed by atoms with Crippen LogP contribution in [0.2, 0.25) is 0 Å². The van der Waals surface area contributed by atoms with E-state index >= 15 is 0 Å². The molecular formula is C12H11N3O5. The third-order valence-electron chi connectivity index (χ3n) is 2.65. The molecule has 1 amide bonds. The van der Waals surface area contributed by atoms with E-state index in [1.807, 2.05) is 5.43 Å². The Hall–Kier alpha value is -2.74. The maximum absolute atomic E-state index is 11.2. The number of benzene rings is 1. The maximum atomic E-state index is 11.2. The maximum Gasteiger partial charge on any atom is 0.287 e. The second-order valence-corrected chi connectivity index (χ2v) is 3.96. The Kier molecular flexibility index (Phi) is 3.13. The molecule has 104 valence electrons. The summed E-state index contributed by atoms with van der Waals surface area (Å²) < 4.78 is 20.9. The van der Waals surface area contributed by atoms with Gasteiger partial charge in [0.15, 0.2) is 23.0 Å². The third kappa shape index (κ3) is 2.36. The van der Waals surface area contributed by atoms with Gasteiger partial charge in [0.1, 0.15) is 12.4 Å². The number of hydrogen-bond donors (Lipinski definition) is 2. The van der Waals surface area contributed by atoms with Crippen LogP contribution in [0.3, 0.4) is 0 Å². The normalized spacial score (nSPS) is 12.2. The number of ether oxygens (including phenoxy) is 3. The van der Waals surface area contributed by atoms with Gasteiger partial charge in [-0.1, -0.05) is 5.16 Å². The molecule has 0 radical (unpaired) electrons. The zero-order valence-corrected chi connectivity index (χ0v) is 10.3. The molecule has 2 aromatic rings. The molecule has 1 aromatic carbocycles. The molecular weight excluding hydrogens is 266 g/mol. The first-order chi connectivity index (χ1) is 9.76. The number of rotatable bonds is 4. The number of nitrogens with zero attached hydrogens (tertiary/aromatic N) is 1. The number of nitrogens with two attached hydrogens (primary N) is 1. The summed E-state index contributed by atoms with van der Waals surface area (Å²) in [5.74, 6) is 6.77. The van der Waals surface area contributed by atoms with Crippen LogP contribution in [0.15, 0.2) is 28.8 Å². The highest BCUT2D eigenvalue weighted by atomic mass is 16.7. The molecule has 20 heavy (non-hydrogen) atoms. The quantitative estimate of drug-likeness (QED) is 0.478. The van der Waals surface area contributed by atoms with Gasteiger partial charge in [0, 0.05) is 12.1 Å². The molecule has 0 spiro atoms. The zero-order valence-electron chi connectivity index (χ0n) is 10.3. The lowest BCUT2D eigenvalue weighted by molar-refractivity contribution is 0.0944. The van der Waals surface area contributed by atoms with E-state index in [-0.39, 0.29) is 19.1 Å². The minimum absolute atomic E-state index is 0.0942. The van der Waals surface area contributed by atoms with Crippen molar-refractivity contribution in [3.05, 3.63) is 35.7 Å². The average Bonchev–Trinajstić information content (AvgIpc) is 3.12. The van der Waals surface area contributed by atoms with Crippen molar-refractivity contribution in [2.45, 2.75) is 6.61 Å². The number of carbonyl (C=O) groups is 1. The smallest absolute Gasteiger partial charge is 0.287 e. The number of carbonyl (C=O) groups excluding carboxylic acids is 1. The predicted molar refractivity (Wildman–Crippen MR) is 65.1 cm³/mol. The van der Waals surface area contributed by atoms with Crippen molar-refractivity contribution in [3.8, 4) is 17.2 Å². The zero-order chi connectivity index (χ0) is 13.9. The number of fused-ring (bicyclic) bond motifs is 1. The number of amides is 1. The molecule has 0 fully saturated rings. The molecule has 0 bridgehead atoms. The summed E-state index contributed by atoms with van der Waals surface area (Å²) >= 11 is 0. The molecule has 0 aliphatic carbocycles. The van der Waals surface area contributed by atoms with Gasteiger partial charge in [0.05, 0.1) is 0 Å². The van der Waals surface area contributed by atoms with Crippen LogP contribution in [-0.4, -0.2) is 17.9 Å². The first-order valence-electron chi connectivity index (χ1n) is 5.75. The number of hydrogen-bond acceptors (Lipinski definition) is 7. The first-order valence-corrected chi connectivity index (χ1v) is 5.75. The van der Waals surface area contributed by atoms with Gasteiger partial charge in [0.25, 0.3) is 5.91 Å². The van der Waals surface area contributed by atoms with E-state index in [4.69, 9.17) is 24.6 Å². The molecule has 1 aromatic heterocycles. The van der Waals surface area contributed by atoms with Crippen LogP contribution in [-0.2, 0) is 6.61 Å². The summed E-state index contributed by atoms with van der Waals surface area (Å²) in [6, 6.07) is 6.67. The summed E-state index contributed by atoms with van der Waals surface area (Å²) in [5, 5.41) is 3.57. The van der Waals surface area contributed by atoms with E-state index in [9.17, 15) is 4.79 Å². The summed E-state index contributed by atoms with van der Waals surface area (Å²) in [7, 11) is 0. The SMILES string of the molecule is NNC(=O)c1cc(COc2ccc3c(c2)OCO3)on1. The highest BCUT2D eigenvalue weighted by molar-refractivity contribution is 5.91. The van der Waals surface area contributed by atoms with Gasteiger partial charge in [-0.05, 0) is 12.1 Å². The van der Waals surface area contributed by atoms with Crippen LogP contribution in [0.5, 0.6) is 17.2 Å². The van der Waals surface area contributed by atoms with Gasteiger partial charge in [-0.25, -0.2) is 5.84 Å². The fourth-order valence-electron chi connectivity index (χ4n) is 1.68. The Labute approximate surface area is 113 Å². The van der Waals surface area contributed by atoms with Crippen molar-refractivity contribution in [2.75, 3.05) is 6.79 Å². The minimum atomic E-state index is -0.525. The van der Waals surface area contributed by atoms with E-state index in [1.54, 1.807) is 18.2 Å². The molecule has 8 nitrogen and oxygen atoms in total. The Morgan fingerprint density at radius 2 is 2.20 bits per heavy atom. The standard InChI is InChI=1S/C12H11N3O5/c13-14-12(16)9-3-8(20-15-9)5-17-7-1-2-10-11(4-7)19-6-18-10/h1-4H,5-6,13H2,(H,14,16). The topological polar surface area (TPSA) is 109 Å². The molecule has 0 saturated carbocycles. The fourth-order valence-corrected chi connectivity index (χ4v) is 1.68. The Bertz CT molecular complexity index is 640. The Morgan fingerprint density at radius 1 is 1.35 bits per heavy atom. The van der Waals surface area contributed by atoms with Gasteiger partial charge in [0.2, 0.25) is 6.79 Å². The molecule has 1 aliphatic heterocycles. The van der Waals surface area contributed by atoms with Crippen molar-refractivity contribution in [2.24, 2.45) is 5.84 Å². The van der Waals surface area contributed by atoms with Gasteiger partial charge in [-0.2, -0.15) is 0 Å². The molecule has 0 saturated heterocycles. The third-order valence-corrected chi connectivity index (χ3v) is 2.65. The number of nitrogens with one attached hydrogen (secondary N) is 1. The van der Waals surface area contributed by atoms with E-state index in [1.165, 1.54) is 6.07 Å². The molecule has 0 unspecified atom stereocenters. The fraction of sp³-hybridized carbons (Fsp3) is 0.167. The van der Waals surface area contributed by atoms with E-state index in [0.29, 0.717) is 23.0 Å². The van der Waals surface area contributed by atoms with Gasteiger partial charge >= 0.3 is 0 Å². The van der Waals surface area contributed by atoms with E-state index in [2.05, 4.69) is 5.16 Å². The van der Waals surface area contributed by atoms with E-state index < -0.39 is 5.91 Å². The van der Waals surface area contributed by atoms with Crippen molar-refractivity contribution >= 4 is 5.91 Å². The van der Waals surface area contributed by atoms with Gasteiger partial charge in [-0.15, -0.1) is 0 Å². The van der Waals surface area contributed by atoms with E-state index in [0.717, 1.165) is 0 Å². The van der Waals surface area contributed by atoms with Crippen LogP contribution < -0.4 is 25.5 Å². The lowest BCUT2D eigenvalue weighted by Crippen LogP contribution is -2.30. The Morgan fingerprint density at radius 3 is 3.05 bits per heavy atom. The molecule has 8 heteroatoms. The molecule has 2 heterocycles. The molecule has 3 rings (SSSR count). The van der Waals surface area contributed by atoms with Crippen molar-refractivity contribution in [1.29, 1.82) is 0 Å². The number of aromatic nitrogens is 1. The van der Waals surface area contributed by atoms with Crippen LogP contribution in [0, 0.1) is 0 Å². The summed E-state index contributed by atoms with van der Waals surface area (Å²) in [6.07, 6.45) is 0. The van der Waals surface area contributed by atoms with Crippen molar-refractivity contribution in [1.82, 2.24) is 10.6 Å². The number of nitrogen functional groups attached to an aromatic ring is 1. The predicted octanol–water partition coefficient (Wildman–Crippen LogP) is 0.586. The second kappa shape index (κ2) is 5.10. The van der Waals surface area contributed by atoms with Crippen molar-refractivity contribution < 1.29 is 23.5 Å². The van der Waals surface area contributed by atoms with Crippen LogP contribution >= 0.6 is 0 Å². The monoisotopic (exact) mass is 277 g/mol. The van der Waals surface area contributed by atoms with Gasteiger partial charge < -0.3 is 18.7 Å². The summed E-state index contributed by atoms with van der Waals surface area (Å²) in [6.45, 7) is 0.336. The second-order valence-electron chi connectivity index (χ2n) is 3.96. The van der Waals surface area contributed by atoms with Crippen LogP contribution in [0.1, 0.15) is 16.2 Å². The first kappa shape index (κ1) is 12.3. The average molecular weight is 277 g/mol.